The Kier molecular flexibility index (Phi) is 3.13. The van der Waals surface area contributed by atoms with Gasteiger partial charge in [-0.3, -0.25) is 0 Å². The molecule has 0 fully saturated rings. The van der Waals surface area contributed by atoms with Gasteiger partial charge in [-0.05, 0) is 41.3 Å². The number of hydrogen-bond acceptors (Lipinski definition) is 4. The smallest absolute Gasteiger partial charge is 0.134 e. The molecule has 0 saturated carbocycles. The third-order valence-electron chi connectivity index (χ3n) is 4.28. The molecule has 120 valence electrons. The van der Waals surface area contributed by atoms with Gasteiger partial charge in [0.1, 0.15) is 23.0 Å². The molecule has 0 aliphatic rings. The van der Waals surface area contributed by atoms with E-state index in [0.29, 0.717) is 28.5 Å². The second-order valence-electron chi connectivity index (χ2n) is 5.73. The Hall–Kier alpha value is -3.14. The number of phenols is 3. The molecular formula is C20H16O4. The van der Waals surface area contributed by atoms with Crippen molar-refractivity contribution in [2.24, 2.45) is 0 Å². The van der Waals surface area contributed by atoms with Crippen LogP contribution in [0.1, 0.15) is 6.92 Å². The molecule has 0 aromatic heterocycles. The molecule has 4 nitrogen and oxygen atoms in total. The van der Waals surface area contributed by atoms with E-state index in [1.807, 2.05) is 31.2 Å². The van der Waals surface area contributed by atoms with Crippen LogP contribution in [0.15, 0.2) is 48.5 Å². The summed E-state index contributed by atoms with van der Waals surface area (Å²) in [5, 5.41) is 35.3. The van der Waals surface area contributed by atoms with Gasteiger partial charge in [0.2, 0.25) is 0 Å². The molecule has 0 bridgehead atoms. The molecule has 3 N–H and O–H groups in total. The van der Waals surface area contributed by atoms with Gasteiger partial charge in [0.15, 0.2) is 0 Å². The second-order valence-corrected chi connectivity index (χ2v) is 5.73. The third-order valence-corrected chi connectivity index (χ3v) is 4.28. The van der Waals surface area contributed by atoms with Crippen LogP contribution in [0.25, 0.3) is 32.3 Å². The van der Waals surface area contributed by atoms with Crippen molar-refractivity contribution in [3.8, 4) is 23.0 Å². The Bertz CT molecular complexity index is 1100. The summed E-state index contributed by atoms with van der Waals surface area (Å²) in [6.07, 6.45) is 0. The zero-order chi connectivity index (χ0) is 16.8. The molecule has 4 aromatic carbocycles. The fourth-order valence-electron chi connectivity index (χ4n) is 3.31. The predicted molar refractivity (Wildman–Crippen MR) is 95.1 cm³/mol. The molecule has 24 heavy (non-hydrogen) atoms. The minimum Gasteiger partial charge on any atom is -0.508 e. The van der Waals surface area contributed by atoms with Crippen molar-refractivity contribution in [1.29, 1.82) is 0 Å². The Morgan fingerprint density at radius 1 is 0.750 bits per heavy atom. The quantitative estimate of drug-likeness (QED) is 0.470. The largest absolute Gasteiger partial charge is 0.508 e. The lowest BCUT2D eigenvalue weighted by Crippen LogP contribution is -1.93. The standard InChI is InChI=1S/C20H16O4/c1-2-24-19-8-11(21)7-16-15-9-17(22)13-6-4-3-5-12(13)14(15)10-18(23)20(16)19/h3-10,21-23H,2H2,1H3. The van der Waals surface area contributed by atoms with E-state index in [1.165, 1.54) is 6.07 Å². The highest BCUT2D eigenvalue weighted by Gasteiger charge is 2.16. The maximum absolute atomic E-state index is 10.6. The number of fused-ring (bicyclic) bond motifs is 5. The number of benzene rings is 4. The SMILES string of the molecule is CCOc1cc(O)cc2c1c(O)cc1c3ccccc3c(O)cc21. The van der Waals surface area contributed by atoms with Crippen LogP contribution >= 0.6 is 0 Å². The molecule has 4 rings (SSSR count). The normalized spacial score (nSPS) is 11.4. The molecule has 0 aliphatic heterocycles. The Labute approximate surface area is 138 Å². The van der Waals surface area contributed by atoms with Gasteiger partial charge in [0, 0.05) is 16.8 Å². The van der Waals surface area contributed by atoms with E-state index in [-0.39, 0.29) is 17.2 Å². The second kappa shape index (κ2) is 5.20. The lowest BCUT2D eigenvalue weighted by molar-refractivity contribution is 0.340. The molecule has 0 atom stereocenters. The lowest BCUT2D eigenvalue weighted by Gasteiger charge is -2.14. The van der Waals surface area contributed by atoms with Gasteiger partial charge in [0.05, 0.1) is 12.0 Å². The van der Waals surface area contributed by atoms with Crippen molar-refractivity contribution in [2.75, 3.05) is 6.61 Å². The molecule has 0 heterocycles. The van der Waals surface area contributed by atoms with E-state index in [2.05, 4.69) is 0 Å². The highest BCUT2D eigenvalue weighted by atomic mass is 16.5. The van der Waals surface area contributed by atoms with Gasteiger partial charge in [-0.15, -0.1) is 0 Å². The van der Waals surface area contributed by atoms with Gasteiger partial charge < -0.3 is 20.1 Å². The van der Waals surface area contributed by atoms with Gasteiger partial charge in [-0.25, -0.2) is 0 Å². The van der Waals surface area contributed by atoms with Crippen molar-refractivity contribution in [3.05, 3.63) is 48.5 Å². The Balaban J connectivity index is 2.26. The van der Waals surface area contributed by atoms with E-state index in [4.69, 9.17) is 4.74 Å². The van der Waals surface area contributed by atoms with E-state index in [9.17, 15) is 15.3 Å². The van der Waals surface area contributed by atoms with Crippen LogP contribution in [0.3, 0.4) is 0 Å². The summed E-state index contributed by atoms with van der Waals surface area (Å²) < 4.78 is 5.56. The zero-order valence-corrected chi connectivity index (χ0v) is 13.1. The number of hydrogen-bond donors (Lipinski definition) is 3. The fraction of sp³-hybridized carbons (Fsp3) is 0.100. The highest BCUT2D eigenvalue weighted by molar-refractivity contribution is 6.21. The Morgan fingerprint density at radius 2 is 1.42 bits per heavy atom. The summed E-state index contributed by atoms with van der Waals surface area (Å²) in [6, 6.07) is 13.9. The van der Waals surface area contributed by atoms with Crippen LogP contribution in [0.2, 0.25) is 0 Å². The first-order valence-corrected chi connectivity index (χ1v) is 7.76. The van der Waals surface area contributed by atoms with Crippen molar-refractivity contribution >= 4 is 32.3 Å². The van der Waals surface area contributed by atoms with Crippen molar-refractivity contribution in [2.45, 2.75) is 6.92 Å². The van der Waals surface area contributed by atoms with Crippen LogP contribution in [-0.4, -0.2) is 21.9 Å². The van der Waals surface area contributed by atoms with Crippen LogP contribution in [0, 0.1) is 0 Å². The number of aromatic hydroxyl groups is 3. The Morgan fingerprint density at radius 3 is 2.17 bits per heavy atom. The van der Waals surface area contributed by atoms with Crippen LogP contribution in [0.4, 0.5) is 0 Å². The van der Waals surface area contributed by atoms with Crippen LogP contribution in [0.5, 0.6) is 23.0 Å². The van der Waals surface area contributed by atoms with Gasteiger partial charge >= 0.3 is 0 Å². The molecule has 0 radical (unpaired) electrons. The first kappa shape index (κ1) is 14.5. The molecule has 0 saturated heterocycles. The number of ether oxygens (including phenoxy) is 1. The summed E-state index contributed by atoms with van der Waals surface area (Å²) >= 11 is 0. The molecule has 0 aliphatic carbocycles. The van der Waals surface area contributed by atoms with Crippen LogP contribution in [-0.2, 0) is 0 Å². The lowest BCUT2D eigenvalue weighted by atomic mass is 9.95. The fourth-order valence-corrected chi connectivity index (χ4v) is 3.31. The first-order chi connectivity index (χ1) is 11.6. The topological polar surface area (TPSA) is 69.9 Å². The molecule has 0 amide bonds. The maximum Gasteiger partial charge on any atom is 0.134 e. The third kappa shape index (κ3) is 2.00. The molecular weight excluding hydrogens is 304 g/mol. The average molecular weight is 320 g/mol. The highest BCUT2D eigenvalue weighted by Crippen LogP contribution is 2.44. The van der Waals surface area contributed by atoms with E-state index in [1.54, 1.807) is 18.2 Å². The average Bonchev–Trinajstić information content (AvgIpc) is 2.56. The number of rotatable bonds is 2. The zero-order valence-electron chi connectivity index (χ0n) is 13.1. The minimum absolute atomic E-state index is 0.0468. The summed E-state index contributed by atoms with van der Waals surface area (Å²) in [6.45, 7) is 2.26. The number of phenolic OH excluding ortho intramolecular Hbond substituents is 3. The van der Waals surface area contributed by atoms with Crippen molar-refractivity contribution < 1.29 is 20.1 Å². The summed E-state index contributed by atoms with van der Waals surface area (Å²) in [4.78, 5) is 0. The van der Waals surface area contributed by atoms with E-state index >= 15 is 0 Å². The first-order valence-electron chi connectivity index (χ1n) is 7.76. The van der Waals surface area contributed by atoms with Crippen LogP contribution < -0.4 is 4.74 Å². The predicted octanol–water partition coefficient (Wildman–Crippen LogP) is 4.66. The molecule has 4 heteroatoms. The molecule has 0 spiro atoms. The molecule has 0 unspecified atom stereocenters. The van der Waals surface area contributed by atoms with Gasteiger partial charge in [0.25, 0.3) is 0 Å². The van der Waals surface area contributed by atoms with E-state index in [0.717, 1.165) is 16.2 Å². The summed E-state index contributed by atoms with van der Waals surface area (Å²) in [7, 11) is 0. The minimum atomic E-state index is 0.0468. The molecule has 4 aromatic rings. The maximum atomic E-state index is 10.6. The monoisotopic (exact) mass is 320 g/mol. The van der Waals surface area contributed by atoms with Crippen molar-refractivity contribution in [1.82, 2.24) is 0 Å². The van der Waals surface area contributed by atoms with E-state index < -0.39 is 0 Å². The summed E-state index contributed by atoms with van der Waals surface area (Å²) in [5.74, 6) is 0.702. The van der Waals surface area contributed by atoms with Gasteiger partial charge in [-0.2, -0.15) is 0 Å². The van der Waals surface area contributed by atoms with Crippen molar-refractivity contribution in [3.63, 3.8) is 0 Å². The van der Waals surface area contributed by atoms with Gasteiger partial charge in [-0.1, -0.05) is 24.3 Å². The summed E-state index contributed by atoms with van der Waals surface area (Å²) in [5.41, 5.74) is 0.